The molecule has 1 saturated heterocycles. The number of aryl methyl sites for hydroxylation is 1. The number of hydrogen-bond acceptors (Lipinski definition) is 5. The Balaban J connectivity index is 1.60. The molecule has 0 aliphatic carbocycles. The molecule has 150 valence electrons. The van der Waals surface area contributed by atoms with Crippen LogP contribution in [0.4, 0.5) is 10.5 Å². The molecule has 3 aromatic rings. The largest absolute Gasteiger partial charge is 0.450 e. The molecule has 1 aromatic heterocycles. The van der Waals surface area contributed by atoms with Crippen molar-refractivity contribution in [2.24, 2.45) is 0 Å². The Hall–Kier alpha value is -3.29. The van der Waals surface area contributed by atoms with Crippen molar-refractivity contribution in [3.8, 4) is 0 Å². The number of anilines is 1. The first-order valence-electron chi connectivity index (χ1n) is 8.92. The van der Waals surface area contributed by atoms with Crippen LogP contribution in [0.2, 0.25) is 5.02 Å². The molecule has 30 heavy (non-hydrogen) atoms. The van der Waals surface area contributed by atoms with E-state index in [0.717, 1.165) is 15.4 Å². The Morgan fingerprint density at radius 2 is 1.80 bits per heavy atom. The lowest BCUT2D eigenvalue weighted by Crippen LogP contribution is -2.54. The zero-order chi connectivity index (χ0) is 21.3. The SMILES string of the molecule is Cc1cccc(N2C(=O)NC(=O)/C(=C/c3ccc(Sc4ccc(Cl)cc4)o3)C2=O)c1. The smallest absolute Gasteiger partial charge is 0.335 e. The fourth-order valence-electron chi connectivity index (χ4n) is 2.89. The summed E-state index contributed by atoms with van der Waals surface area (Å²) in [6, 6.07) is 16.8. The summed E-state index contributed by atoms with van der Waals surface area (Å²) in [6.07, 6.45) is 1.33. The number of nitrogens with one attached hydrogen (secondary N) is 1. The number of barbiturate groups is 1. The van der Waals surface area contributed by atoms with Crippen LogP contribution in [0.15, 0.2) is 80.6 Å². The summed E-state index contributed by atoms with van der Waals surface area (Å²) in [7, 11) is 0. The van der Waals surface area contributed by atoms with Crippen LogP contribution in [0.1, 0.15) is 11.3 Å². The molecule has 4 rings (SSSR count). The molecule has 0 unspecified atom stereocenters. The van der Waals surface area contributed by atoms with Crippen LogP contribution in [0.3, 0.4) is 0 Å². The number of halogens is 1. The van der Waals surface area contributed by atoms with Gasteiger partial charge in [0.15, 0.2) is 5.09 Å². The number of amides is 4. The van der Waals surface area contributed by atoms with Gasteiger partial charge in [0.25, 0.3) is 11.8 Å². The van der Waals surface area contributed by atoms with E-state index >= 15 is 0 Å². The Kier molecular flexibility index (Phi) is 5.48. The number of carbonyl (C=O) groups is 3. The number of urea groups is 1. The number of nitrogens with zero attached hydrogens (tertiary/aromatic N) is 1. The van der Waals surface area contributed by atoms with Crippen LogP contribution >= 0.6 is 23.4 Å². The van der Waals surface area contributed by atoms with Crippen LogP contribution in [0.25, 0.3) is 6.08 Å². The van der Waals surface area contributed by atoms with E-state index in [1.807, 2.05) is 25.1 Å². The van der Waals surface area contributed by atoms with Crippen molar-refractivity contribution in [1.82, 2.24) is 5.32 Å². The molecule has 6 nitrogen and oxygen atoms in total. The summed E-state index contributed by atoms with van der Waals surface area (Å²) in [4.78, 5) is 39.3. The van der Waals surface area contributed by atoms with E-state index in [0.29, 0.717) is 21.6 Å². The van der Waals surface area contributed by atoms with Gasteiger partial charge in [-0.2, -0.15) is 0 Å². The molecule has 2 aromatic carbocycles. The molecule has 1 aliphatic heterocycles. The Morgan fingerprint density at radius 3 is 2.53 bits per heavy atom. The summed E-state index contributed by atoms with van der Waals surface area (Å²) in [5.74, 6) is -1.15. The van der Waals surface area contributed by atoms with Crippen LogP contribution in [0, 0.1) is 6.92 Å². The lowest BCUT2D eigenvalue weighted by Gasteiger charge is -2.26. The maximum Gasteiger partial charge on any atom is 0.335 e. The molecule has 0 spiro atoms. The first-order chi connectivity index (χ1) is 14.4. The number of furan rings is 1. The third-order valence-corrected chi connectivity index (χ3v) is 5.46. The quantitative estimate of drug-likeness (QED) is 0.455. The molecule has 8 heteroatoms. The van der Waals surface area contributed by atoms with Crippen molar-refractivity contribution >= 4 is 53.0 Å². The average Bonchev–Trinajstić information content (AvgIpc) is 3.14. The van der Waals surface area contributed by atoms with Gasteiger partial charge in [-0.25, -0.2) is 9.69 Å². The van der Waals surface area contributed by atoms with Crippen LogP contribution < -0.4 is 10.2 Å². The minimum atomic E-state index is -0.786. The highest BCUT2D eigenvalue weighted by molar-refractivity contribution is 7.99. The molecule has 0 saturated carbocycles. The predicted octanol–water partition coefficient (Wildman–Crippen LogP) is 5.06. The zero-order valence-electron chi connectivity index (χ0n) is 15.7. The first kappa shape index (κ1) is 20.0. The lowest BCUT2D eigenvalue weighted by atomic mass is 10.1. The van der Waals surface area contributed by atoms with E-state index in [1.54, 1.807) is 42.5 Å². The van der Waals surface area contributed by atoms with E-state index in [2.05, 4.69) is 5.32 Å². The third kappa shape index (κ3) is 4.17. The topological polar surface area (TPSA) is 79.6 Å². The normalized spacial score (nSPS) is 15.6. The zero-order valence-corrected chi connectivity index (χ0v) is 17.3. The van der Waals surface area contributed by atoms with E-state index in [-0.39, 0.29) is 5.57 Å². The van der Waals surface area contributed by atoms with Gasteiger partial charge in [0.2, 0.25) is 0 Å². The van der Waals surface area contributed by atoms with Gasteiger partial charge < -0.3 is 4.42 Å². The molecule has 4 amide bonds. The second-order valence-electron chi connectivity index (χ2n) is 6.51. The molecule has 0 radical (unpaired) electrons. The predicted molar refractivity (Wildman–Crippen MR) is 114 cm³/mol. The van der Waals surface area contributed by atoms with E-state index in [9.17, 15) is 14.4 Å². The second kappa shape index (κ2) is 8.22. The minimum Gasteiger partial charge on any atom is -0.450 e. The molecule has 1 N–H and O–H groups in total. The maximum atomic E-state index is 12.9. The van der Waals surface area contributed by atoms with Crippen molar-refractivity contribution in [3.05, 3.63) is 82.6 Å². The van der Waals surface area contributed by atoms with Gasteiger partial charge in [-0.1, -0.05) is 35.5 Å². The van der Waals surface area contributed by atoms with Gasteiger partial charge in [-0.15, -0.1) is 0 Å². The van der Waals surface area contributed by atoms with Crippen LogP contribution in [-0.2, 0) is 9.59 Å². The van der Waals surface area contributed by atoms with Crippen LogP contribution in [0.5, 0.6) is 0 Å². The highest BCUT2D eigenvalue weighted by atomic mass is 35.5. The highest BCUT2D eigenvalue weighted by Gasteiger charge is 2.37. The van der Waals surface area contributed by atoms with E-state index < -0.39 is 17.8 Å². The Morgan fingerprint density at radius 1 is 1.03 bits per heavy atom. The number of imide groups is 2. The minimum absolute atomic E-state index is 0.187. The van der Waals surface area contributed by atoms with Crippen molar-refractivity contribution in [2.75, 3.05) is 4.90 Å². The van der Waals surface area contributed by atoms with Gasteiger partial charge in [0.1, 0.15) is 11.3 Å². The first-order valence-corrected chi connectivity index (χ1v) is 10.1. The van der Waals surface area contributed by atoms with Crippen molar-refractivity contribution in [2.45, 2.75) is 16.9 Å². The highest BCUT2D eigenvalue weighted by Crippen LogP contribution is 2.31. The number of rotatable bonds is 4. The molecule has 1 aliphatic rings. The Bertz CT molecular complexity index is 1180. The fourth-order valence-corrected chi connectivity index (χ4v) is 3.79. The number of carbonyl (C=O) groups excluding carboxylic acids is 3. The van der Waals surface area contributed by atoms with Gasteiger partial charge in [0.05, 0.1) is 5.69 Å². The monoisotopic (exact) mass is 438 g/mol. The average molecular weight is 439 g/mol. The molecule has 0 bridgehead atoms. The Labute approximate surface area is 181 Å². The summed E-state index contributed by atoms with van der Waals surface area (Å²) in [5.41, 5.74) is 1.08. The van der Waals surface area contributed by atoms with Gasteiger partial charge in [-0.05, 0) is 67.1 Å². The molecule has 2 heterocycles. The second-order valence-corrected chi connectivity index (χ2v) is 8.02. The van der Waals surface area contributed by atoms with Gasteiger partial charge in [0, 0.05) is 9.92 Å². The van der Waals surface area contributed by atoms with E-state index in [4.69, 9.17) is 16.0 Å². The van der Waals surface area contributed by atoms with Crippen LogP contribution in [-0.4, -0.2) is 17.8 Å². The summed E-state index contributed by atoms with van der Waals surface area (Å²) >= 11 is 7.27. The third-order valence-electron chi connectivity index (χ3n) is 4.28. The standard InChI is InChI=1S/C22H15ClN2O4S/c1-13-3-2-4-15(11-13)25-21(27)18(20(26)24-22(25)28)12-16-7-10-19(29-16)30-17-8-5-14(23)6-9-17/h2-12H,1H3,(H,24,26,28)/b18-12-. The maximum absolute atomic E-state index is 12.9. The molecule has 1 fully saturated rings. The van der Waals surface area contributed by atoms with Crippen molar-refractivity contribution in [3.63, 3.8) is 0 Å². The summed E-state index contributed by atoms with van der Waals surface area (Å²) in [5, 5.41) is 3.42. The number of hydrogen-bond donors (Lipinski definition) is 1. The number of benzene rings is 2. The van der Waals surface area contributed by atoms with Gasteiger partial charge >= 0.3 is 6.03 Å². The summed E-state index contributed by atoms with van der Waals surface area (Å²) in [6.45, 7) is 1.85. The van der Waals surface area contributed by atoms with Crippen molar-refractivity contribution < 1.29 is 18.8 Å². The van der Waals surface area contributed by atoms with Crippen molar-refractivity contribution in [1.29, 1.82) is 0 Å². The van der Waals surface area contributed by atoms with Gasteiger partial charge in [-0.3, -0.25) is 14.9 Å². The molecule has 0 atom stereocenters. The molecular weight excluding hydrogens is 424 g/mol. The fraction of sp³-hybridized carbons (Fsp3) is 0.0455. The molecular formula is C22H15ClN2O4S. The summed E-state index contributed by atoms with van der Waals surface area (Å²) < 4.78 is 5.72. The lowest BCUT2D eigenvalue weighted by molar-refractivity contribution is -0.122. The van der Waals surface area contributed by atoms with E-state index in [1.165, 1.54) is 17.8 Å².